The zero-order valence-electron chi connectivity index (χ0n) is 16.5. The Bertz CT molecular complexity index is 464. The molecular weight excluding hydrogens is 427 g/mol. The van der Waals surface area contributed by atoms with Crippen molar-refractivity contribution >= 4 is 29.9 Å². The van der Waals surface area contributed by atoms with Crippen molar-refractivity contribution in [2.75, 3.05) is 54.0 Å². The predicted molar refractivity (Wildman–Crippen MR) is 115 cm³/mol. The molecule has 2 heterocycles. The summed E-state index contributed by atoms with van der Waals surface area (Å²) in [5.41, 5.74) is 0.650. The average molecular weight is 464 g/mol. The van der Waals surface area contributed by atoms with Crippen LogP contribution in [0.5, 0.6) is 0 Å². The Morgan fingerprint density at radius 1 is 1.32 bits per heavy atom. The third-order valence-electron chi connectivity index (χ3n) is 6.73. The van der Waals surface area contributed by atoms with Gasteiger partial charge in [0.05, 0.1) is 6.61 Å². The molecule has 0 aromatic heterocycles. The van der Waals surface area contributed by atoms with Crippen LogP contribution in [0.3, 0.4) is 0 Å². The SMILES string of the molecule is CN=C(NCC1(N(C)C)CCCC(C)C1)N1CCC2(CCOC2)C1.I. The molecule has 6 heteroatoms. The van der Waals surface area contributed by atoms with E-state index >= 15 is 0 Å². The van der Waals surface area contributed by atoms with Gasteiger partial charge in [0.1, 0.15) is 0 Å². The molecule has 0 aromatic carbocycles. The van der Waals surface area contributed by atoms with Crippen LogP contribution in [-0.2, 0) is 4.74 Å². The van der Waals surface area contributed by atoms with Gasteiger partial charge in [0.25, 0.3) is 0 Å². The van der Waals surface area contributed by atoms with E-state index in [1.165, 1.54) is 38.5 Å². The summed E-state index contributed by atoms with van der Waals surface area (Å²) in [4.78, 5) is 9.48. The minimum absolute atomic E-state index is 0. The lowest BCUT2D eigenvalue weighted by atomic mass is 9.75. The quantitative estimate of drug-likeness (QED) is 0.396. The van der Waals surface area contributed by atoms with E-state index in [4.69, 9.17) is 4.74 Å². The van der Waals surface area contributed by atoms with Crippen LogP contribution in [0, 0.1) is 11.3 Å². The van der Waals surface area contributed by atoms with Gasteiger partial charge in [-0.3, -0.25) is 4.99 Å². The summed E-state index contributed by atoms with van der Waals surface area (Å²) in [7, 11) is 6.40. The molecule has 0 amide bonds. The summed E-state index contributed by atoms with van der Waals surface area (Å²) in [6.45, 7) is 7.46. The minimum atomic E-state index is 0. The van der Waals surface area contributed by atoms with Crippen molar-refractivity contribution in [3.05, 3.63) is 0 Å². The fourth-order valence-electron chi connectivity index (χ4n) is 5.02. The lowest BCUT2D eigenvalue weighted by Crippen LogP contribution is -2.56. The van der Waals surface area contributed by atoms with Crippen molar-refractivity contribution in [3.63, 3.8) is 0 Å². The van der Waals surface area contributed by atoms with Gasteiger partial charge in [0, 0.05) is 44.2 Å². The van der Waals surface area contributed by atoms with Gasteiger partial charge in [-0.05, 0) is 45.7 Å². The largest absolute Gasteiger partial charge is 0.381 e. The summed E-state index contributed by atoms with van der Waals surface area (Å²) < 4.78 is 5.66. The van der Waals surface area contributed by atoms with E-state index in [-0.39, 0.29) is 29.5 Å². The van der Waals surface area contributed by atoms with Crippen LogP contribution in [0.2, 0.25) is 0 Å². The maximum absolute atomic E-state index is 5.66. The summed E-state index contributed by atoms with van der Waals surface area (Å²) in [6, 6.07) is 0. The summed E-state index contributed by atoms with van der Waals surface area (Å²) in [5, 5.41) is 3.72. The van der Waals surface area contributed by atoms with Crippen LogP contribution in [0.1, 0.15) is 45.4 Å². The van der Waals surface area contributed by atoms with Gasteiger partial charge in [-0.15, -0.1) is 24.0 Å². The molecule has 1 spiro atoms. The van der Waals surface area contributed by atoms with Gasteiger partial charge in [0.15, 0.2) is 5.96 Å². The zero-order valence-corrected chi connectivity index (χ0v) is 18.8. The van der Waals surface area contributed by atoms with Crippen LogP contribution >= 0.6 is 24.0 Å². The second-order valence-electron chi connectivity index (χ2n) is 8.70. The van der Waals surface area contributed by atoms with Crippen molar-refractivity contribution in [1.29, 1.82) is 0 Å². The van der Waals surface area contributed by atoms with Crippen molar-refractivity contribution < 1.29 is 4.74 Å². The van der Waals surface area contributed by atoms with Gasteiger partial charge < -0.3 is 19.9 Å². The van der Waals surface area contributed by atoms with E-state index < -0.39 is 0 Å². The molecule has 3 rings (SSSR count). The van der Waals surface area contributed by atoms with Crippen molar-refractivity contribution in [2.24, 2.45) is 16.3 Å². The molecule has 1 N–H and O–H groups in total. The Labute approximate surface area is 171 Å². The standard InChI is InChI=1S/C19H36N4O.HI/c1-16-6-5-7-19(12-16,22(3)4)13-21-17(20-2)23-10-8-18(14-23)9-11-24-15-18;/h16H,5-15H2,1-4H3,(H,20,21);1H. The molecule has 0 radical (unpaired) electrons. The predicted octanol–water partition coefficient (Wildman–Crippen LogP) is 2.80. The normalized spacial score (nSPS) is 36.1. The number of rotatable bonds is 3. The number of halogens is 1. The topological polar surface area (TPSA) is 40.1 Å². The van der Waals surface area contributed by atoms with Gasteiger partial charge in [0.2, 0.25) is 0 Å². The third-order valence-corrected chi connectivity index (χ3v) is 6.73. The molecule has 3 aliphatic rings. The number of nitrogens with one attached hydrogen (secondary N) is 1. The highest BCUT2D eigenvalue weighted by molar-refractivity contribution is 14.0. The van der Waals surface area contributed by atoms with E-state index in [1.807, 2.05) is 7.05 Å². The molecule has 3 unspecified atom stereocenters. The molecule has 146 valence electrons. The van der Waals surface area contributed by atoms with Gasteiger partial charge in [-0.2, -0.15) is 0 Å². The van der Waals surface area contributed by atoms with Crippen molar-refractivity contribution in [1.82, 2.24) is 15.1 Å². The highest BCUT2D eigenvalue weighted by Gasteiger charge is 2.43. The van der Waals surface area contributed by atoms with Crippen LogP contribution in [0.4, 0.5) is 0 Å². The molecule has 5 nitrogen and oxygen atoms in total. The highest BCUT2D eigenvalue weighted by Crippen LogP contribution is 2.38. The Balaban J connectivity index is 0.00000225. The fourth-order valence-corrected chi connectivity index (χ4v) is 5.02. The van der Waals surface area contributed by atoms with Crippen LogP contribution in [0.25, 0.3) is 0 Å². The Kier molecular flexibility index (Phi) is 7.42. The Morgan fingerprint density at radius 3 is 2.72 bits per heavy atom. The molecule has 1 aliphatic carbocycles. The maximum Gasteiger partial charge on any atom is 0.193 e. The molecular formula is C19H37IN4O. The molecule has 0 bridgehead atoms. The first-order chi connectivity index (χ1) is 11.5. The average Bonchev–Trinajstić information content (AvgIpc) is 3.18. The second kappa shape index (κ2) is 8.74. The number of nitrogens with zero attached hydrogens (tertiary/aromatic N) is 3. The number of hydrogen-bond donors (Lipinski definition) is 1. The molecule has 2 saturated heterocycles. The smallest absolute Gasteiger partial charge is 0.193 e. The molecule has 0 aromatic rings. The fraction of sp³-hybridized carbons (Fsp3) is 0.947. The number of likely N-dealkylation sites (N-methyl/N-ethyl adjacent to an activating group) is 1. The molecule has 25 heavy (non-hydrogen) atoms. The van der Waals surface area contributed by atoms with E-state index in [9.17, 15) is 0 Å². The van der Waals surface area contributed by atoms with Crippen molar-refractivity contribution in [3.8, 4) is 0 Å². The summed E-state index contributed by atoms with van der Waals surface area (Å²) in [5.74, 6) is 1.90. The van der Waals surface area contributed by atoms with E-state index in [2.05, 4.69) is 41.1 Å². The molecule has 3 fully saturated rings. The summed E-state index contributed by atoms with van der Waals surface area (Å²) >= 11 is 0. The van der Waals surface area contributed by atoms with Crippen LogP contribution in [0.15, 0.2) is 4.99 Å². The monoisotopic (exact) mass is 464 g/mol. The Hall–Kier alpha value is -0.0800. The highest BCUT2D eigenvalue weighted by atomic mass is 127. The number of ether oxygens (including phenoxy) is 1. The first kappa shape index (κ1) is 21.2. The molecule has 1 saturated carbocycles. The number of likely N-dealkylation sites (tertiary alicyclic amines) is 1. The third kappa shape index (κ3) is 4.61. The van der Waals surface area contributed by atoms with E-state index in [0.717, 1.165) is 44.7 Å². The molecule has 2 aliphatic heterocycles. The first-order valence-electron chi connectivity index (χ1n) is 9.69. The Morgan fingerprint density at radius 2 is 2.12 bits per heavy atom. The van der Waals surface area contributed by atoms with Gasteiger partial charge in [-0.25, -0.2) is 0 Å². The van der Waals surface area contributed by atoms with Gasteiger partial charge >= 0.3 is 0 Å². The van der Waals surface area contributed by atoms with Crippen LogP contribution in [-0.4, -0.2) is 75.3 Å². The molecule has 3 atom stereocenters. The number of aliphatic imine (C=N–C) groups is 1. The van der Waals surface area contributed by atoms with Gasteiger partial charge in [-0.1, -0.05) is 19.8 Å². The number of hydrogen-bond acceptors (Lipinski definition) is 3. The lowest BCUT2D eigenvalue weighted by Gasteiger charge is -2.45. The van der Waals surface area contributed by atoms with Crippen LogP contribution < -0.4 is 5.32 Å². The second-order valence-corrected chi connectivity index (χ2v) is 8.70. The number of guanidine groups is 1. The first-order valence-corrected chi connectivity index (χ1v) is 9.69. The zero-order chi connectivity index (χ0) is 17.2. The summed E-state index contributed by atoms with van der Waals surface area (Å²) in [6.07, 6.45) is 7.72. The van der Waals surface area contributed by atoms with Crippen molar-refractivity contribution in [2.45, 2.75) is 51.0 Å². The lowest BCUT2D eigenvalue weighted by molar-refractivity contribution is 0.0789. The maximum atomic E-state index is 5.66. The van der Waals surface area contributed by atoms with E-state index in [1.54, 1.807) is 0 Å². The minimum Gasteiger partial charge on any atom is -0.381 e. The van der Waals surface area contributed by atoms with E-state index in [0.29, 0.717) is 5.41 Å².